The third-order valence-electron chi connectivity index (χ3n) is 5.34. The molecule has 11 nitrogen and oxygen atoms in total. The average Bonchev–Trinajstić information content (AvgIpc) is 3.55. The summed E-state index contributed by atoms with van der Waals surface area (Å²) in [5, 5.41) is 21.9. The van der Waals surface area contributed by atoms with Crippen molar-refractivity contribution in [3.05, 3.63) is 46.9 Å². The van der Waals surface area contributed by atoms with Gasteiger partial charge in [0.15, 0.2) is 16.7 Å². The van der Waals surface area contributed by atoms with Crippen LogP contribution in [-0.2, 0) is 16.6 Å². The van der Waals surface area contributed by atoms with E-state index >= 15 is 0 Å². The Labute approximate surface area is 202 Å². The first kappa shape index (κ1) is 24.0. The summed E-state index contributed by atoms with van der Waals surface area (Å²) >= 11 is 6.22. The lowest BCUT2D eigenvalue weighted by atomic mass is 10.1. The zero-order valence-corrected chi connectivity index (χ0v) is 19.1. The van der Waals surface area contributed by atoms with Crippen molar-refractivity contribution >= 4 is 35.1 Å². The number of carbonyl (C=O) groups is 2. The van der Waals surface area contributed by atoms with E-state index in [9.17, 15) is 18.4 Å². The van der Waals surface area contributed by atoms with Crippen LogP contribution in [0.2, 0.25) is 5.15 Å². The van der Waals surface area contributed by atoms with Crippen LogP contribution in [0.5, 0.6) is 0 Å². The lowest BCUT2D eigenvalue weighted by molar-refractivity contribution is -0.119. The molecule has 0 aliphatic heterocycles. The van der Waals surface area contributed by atoms with Crippen LogP contribution in [0.3, 0.4) is 0 Å². The number of rotatable bonds is 6. The third-order valence-corrected chi connectivity index (χ3v) is 5.63. The Kier molecular flexibility index (Phi) is 6.31. The number of nitrogens with one attached hydrogen (secondary N) is 2. The number of aryl methyl sites for hydroxylation is 1. The molecule has 2 amide bonds. The van der Waals surface area contributed by atoms with Crippen molar-refractivity contribution in [2.45, 2.75) is 25.9 Å². The lowest BCUT2D eigenvalue weighted by Crippen LogP contribution is -2.23. The molecule has 1 aliphatic rings. The van der Waals surface area contributed by atoms with Crippen molar-refractivity contribution in [2.24, 2.45) is 12.5 Å². The molecular weight excluding hydrogens is 486 g/mol. The van der Waals surface area contributed by atoms with Crippen molar-refractivity contribution in [3.8, 4) is 17.5 Å². The Hall–Kier alpha value is -4.18. The van der Waals surface area contributed by atoms with Crippen molar-refractivity contribution in [1.82, 2.24) is 25.0 Å². The predicted octanol–water partition coefficient (Wildman–Crippen LogP) is 3.76. The normalized spacial score (nSPS) is 14.5. The summed E-state index contributed by atoms with van der Waals surface area (Å²) in [5.74, 6) is -2.12. The highest BCUT2D eigenvalue weighted by atomic mass is 35.5. The molecular formula is C21H17ClF2N8O3. The fourth-order valence-corrected chi connectivity index (χ4v) is 3.36. The van der Waals surface area contributed by atoms with Gasteiger partial charge in [-0.3, -0.25) is 10.1 Å². The van der Waals surface area contributed by atoms with Gasteiger partial charge in [0.2, 0.25) is 11.9 Å². The molecule has 3 aromatic rings. The summed E-state index contributed by atoms with van der Waals surface area (Å²) in [5.41, 5.74) is -0.720. The number of aromatic nitrogens is 5. The average molecular weight is 503 g/mol. The Morgan fingerprint density at radius 2 is 2.06 bits per heavy atom. The maximum absolute atomic E-state index is 13.9. The number of hydrogen-bond donors (Lipinski definition) is 2. The summed E-state index contributed by atoms with van der Waals surface area (Å²) in [6.45, 7) is 1.36. The van der Waals surface area contributed by atoms with E-state index in [0.29, 0.717) is 19.0 Å². The van der Waals surface area contributed by atoms with Crippen LogP contribution in [0.1, 0.15) is 31.4 Å². The minimum atomic E-state index is -1.15. The Morgan fingerprint density at radius 1 is 1.31 bits per heavy atom. The monoisotopic (exact) mass is 502 g/mol. The number of halogens is 3. The van der Waals surface area contributed by atoms with Crippen LogP contribution in [0.4, 0.5) is 25.1 Å². The lowest BCUT2D eigenvalue weighted by Gasteiger charge is -2.15. The Bertz CT molecular complexity index is 1370. The number of carbonyl (C=O) groups excluding carboxylic acids is 2. The van der Waals surface area contributed by atoms with E-state index in [1.54, 1.807) is 0 Å². The number of nitriles is 1. The molecule has 0 radical (unpaired) electrons. The molecule has 4 rings (SSSR count). The highest BCUT2D eigenvalue weighted by Crippen LogP contribution is 2.46. The van der Waals surface area contributed by atoms with Crippen molar-refractivity contribution in [2.75, 3.05) is 10.6 Å². The van der Waals surface area contributed by atoms with Crippen molar-refractivity contribution in [1.29, 1.82) is 5.26 Å². The molecule has 180 valence electrons. The topological polar surface area (TPSA) is 148 Å². The van der Waals surface area contributed by atoms with Crippen LogP contribution in [0.15, 0.2) is 24.4 Å². The molecule has 3 aromatic heterocycles. The number of hydrogen-bond acceptors (Lipinski definition) is 8. The van der Waals surface area contributed by atoms with Gasteiger partial charge in [0, 0.05) is 7.05 Å². The molecule has 0 spiro atoms. The van der Waals surface area contributed by atoms with E-state index in [2.05, 4.69) is 30.9 Å². The number of amides is 2. The summed E-state index contributed by atoms with van der Waals surface area (Å²) in [7, 11) is 1.50. The van der Waals surface area contributed by atoms with E-state index < -0.39 is 35.3 Å². The first-order chi connectivity index (χ1) is 16.6. The standard InChI is InChI=1S/C21H17ClF2N8O3/c1-10(12-7-11(23)8-26-17(12)24)35-20(34)29-18-15(30-31-32(18)2)13-3-4-14(16(22)27-13)28-19(33)21(9-25)5-6-21/h3-4,7-8,10H,5-6H2,1-2H3,(H,28,33)(H,29,34). The molecule has 1 saturated carbocycles. The van der Waals surface area contributed by atoms with Gasteiger partial charge in [0.1, 0.15) is 17.3 Å². The molecule has 14 heteroatoms. The minimum Gasteiger partial charge on any atom is -0.441 e. The summed E-state index contributed by atoms with van der Waals surface area (Å²) in [6.07, 6.45) is -0.480. The smallest absolute Gasteiger partial charge is 0.413 e. The summed E-state index contributed by atoms with van der Waals surface area (Å²) in [4.78, 5) is 32.2. The van der Waals surface area contributed by atoms with Crippen LogP contribution in [0, 0.1) is 28.5 Å². The zero-order chi connectivity index (χ0) is 25.3. The second-order valence-electron chi connectivity index (χ2n) is 7.80. The van der Waals surface area contributed by atoms with E-state index in [0.717, 1.165) is 6.07 Å². The van der Waals surface area contributed by atoms with Crippen molar-refractivity contribution in [3.63, 3.8) is 0 Å². The highest BCUT2D eigenvalue weighted by molar-refractivity contribution is 6.32. The van der Waals surface area contributed by atoms with Gasteiger partial charge in [0.05, 0.1) is 29.2 Å². The molecule has 2 N–H and O–H groups in total. The molecule has 1 unspecified atom stereocenters. The van der Waals surface area contributed by atoms with Gasteiger partial charge in [-0.15, -0.1) is 5.10 Å². The molecule has 0 saturated heterocycles. The number of ether oxygens (including phenoxy) is 1. The predicted molar refractivity (Wildman–Crippen MR) is 118 cm³/mol. The molecule has 3 heterocycles. The second-order valence-corrected chi connectivity index (χ2v) is 8.16. The van der Waals surface area contributed by atoms with Gasteiger partial charge >= 0.3 is 6.09 Å². The van der Waals surface area contributed by atoms with Gasteiger partial charge in [-0.2, -0.15) is 9.65 Å². The fraction of sp³-hybridized carbons (Fsp3) is 0.286. The van der Waals surface area contributed by atoms with E-state index in [1.165, 1.54) is 30.8 Å². The van der Waals surface area contributed by atoms with E-state index in [-0.39, 0.29) is 33.6 Å². The molecule has 1 aliphatic carbocycles. The Balaban J connectivity index is 1.50. The fourth-order valence-electron chi connectivity index (χ4n) is 3.16. The second kappa shape index (κ2) is 9.22. The quantitative estimate of drug-likeness (QED) is 0.484. The zero-order valence-electron chi connectivity index (χ0n) is 18.3. The van der Waals surface area contributed by atoms with Crippen LogP contribution in [0.25, 0.3) is 11.4 Å². The Morgan fingerprint density at radius 3 is 2.71 bits per heavy atom. The number of pyridine rings is 2. The van der Waals surface area contributed by atoms with Gasteiger partial charge in [-0.05, 0) is 38.0 Å². The molecule has 0 bridgehead atoms. The number of nitrogens with zero attached hydrogens (tertiary/aromatic N) is 6. The van der Waals surface area contributed by atoms with Crippen molar-refractivity contribution < 1.29 is 23.1 Å². The molecule has 35 heavy (non-hydrogen) atoms. The molecule has 1 fully saturated rings. The van der Waals surface area contributed by atoms with Gasteiger partial charge in [-0.1, -0.05) is 16.8 Å². The minimum absolute atomic E-state index is 0.0635. The van der Waals surface area contributed by atoms with Crippen LogP contribution in [-0.4, -0.2) is 37.0 Å². The van der Waals surface area contributed by atoms with Gasteiger partial charge in [-0.25, -0.2) is 23.8 Å². The largest absolute Gasteiger partial charge is 0.441 e. The highest BCUT2D eigenvalue weighted by Gasteiger charge is 2.50. The van der Waals surface area contributed by atoms with Crippen LogP contribution >= 0.6 is 11.6 Å². The van der Waals surface area contributed by atoms with Gasteiger partial charge < -0.3 is 10.1 Å². The maximum atomic E-state index is 13.9. The summed E-state index contributed by atoms with van der Waals surface area (Å²) < 4.78 is 33.6. The first-order valence-corrected chi connectivity index (χ1v) is 10.6. The van der Waals surface area contributed by atoms with Crippen LogP contribution < -0.4 is 10.6 Å². The third kappa shape index (κ3) is 4.87. The van der Waals surface area contributed by atoms with E-state index in [4.69, 9.17) is 21.6 Å². The molecule has 0 aromatic carbocycles. The number of anilines is 2. The molecule has 1 atom stereocenters. The maximum Gasteiger partial charge on any atom is 0.413 e. The first-order valence-electron chi connectivity index (χ1n) is 10.2. The summed E-state index contributed by atoms with van der Waals surface area (Å²) in [6, 6.07) is 5.85. The van der Waals surface area contributed by atoms with Gasteiger partial charge in [0.25, 0.3) is 0 Å². The van der Waals surface area contributed by atoms with E-state index in [1.807, 2.05) is 6.07 Å². The SMILES string of the molecule is CC(OC(=O)Nc1c(-c2ccc(NC(=O)C3(C#N)CC3)c(Cl)n2)nnn1C)c1cc(F)cnc1F.